The smallest absolute Gasteiger partial charge is 0.355 e. The van der Waals surface area contributed by atoms with Gasteiger partial charge in [0.25, 0.3) is 0 Å². The van der Waals surface area contributed by atoms with Crippen molar-refractivity contribution >= 4 is 23.3 Å². The predicted molar refractivity (Wildman–Crippen MR) is 71.3 cm³/mol. The molecule has 1 aromatic heterocycles. The number of urea groups is 1. The van der Waals surface area contributed by atoms with Gasteiger partial charge in [-0.1, -0.05) is 19.3 Å². The Balaban J connectivity index is 1.74. The normalized spacial score (nSPS) is 16.0. The molecule has 0 atom stereocenters. The number of amides is 2. The van der Waals surface area contributed by atoms with Gasteiger partial charge in [0.05, 0.1) is 6.54 Å². The van der Waals surface area contributed by atoms with E-state index >= 15 is 0 Å². The molecule has 3 N–H and O–H groups in total. The molecule has 0 spiro atoms. The molecule has 0 saturated heterocycles. The predicted octanol–water partition coefficient (Wildman–Crippen LogP) is 1.97. The number of carbonyl (C=O) groups is 2. The van der Waals surface area contributed by atoms with Crippen molar-refractivity contribution in [2.24, 2.45) is 0 Å². The Labute approximate surface area is 115 Å². The van der Waals surface area contributed by atoms with Gasteiger partial charge in [0.1, 0.15) is 5.01 Å². The van der Waals surface area contributed by atoms with Crippen LogP contribution in [0.3, 0.4) is 0 Å². The Morgan fingerprint density at radius 2 is 2.11 bits per heavy atom. The van der Waals surface area contributed by atoms with E-state index in [4.69, 9.17) is 5.11 Å². The number of carboxylic acid groups (broad SMARTS) is 1. The highest BCUT2D eigenvalue weighted by atomic mass is 32.1. The van der Waals surface area contributed by atoms with Gasteiger partial charge >= 0.3 is 12.0 Å². The summed E-state index contributed by atoms with van der Waals surface area (Å²) in [5, 5.41) is 16.4. The SMILES string of the molecule is O=C(NCc1nc(C(=O)O)cs1)NC1CCCCC1. The van der Waals surface area contributed by atoms with E-state index in [-0.39, 0.29) is 24.3 Å². The standard InChI is InChI=1S/C12H17N3O3S/c16-11(17)9-7-19-10(15-9)6-13-12(18)14-8-4-2-1-3-5-8/h7-8H,1-6H2,(H,16,17)(H2,13,14,18). The summed E-state index contributed by atoms with van der Waals surface area (Å²) in [5.74, 6) is -1.05. The number of aromatic nitrogens is 1. The lowest BCUT2D eigenvalue weighted by Crippen LogP contribution is -2.42. The Bertz CT molecular complexity index is 455. The molecule has 2 rings (SSSR count). The Morgan fingerprint density at radius 3 is 2.74 bits per heavy atom. The van der Waals surface area contributed by atoms with Gasteiger partial charge < -0.3 is 15.7 Å². The van der Waals surface area contributed by atoms with Crippen molar-refractivity contribution in [1.29, 1.82) is 0 Å². The highest BCUT2D eigenvalue weighted by Crippen LogP contribution is 2.17. The average molecular weight is 283 g/mol. The fourth-order valence-corrected chi connectivity index (χ4v) is 2.84. The Hall–Kier alpha value is -1.63. The van der Waals surface area contributed by atoms with E-state index < -0.39 is 5.97 Å². The fraction of sp³-hybridized carbons (Fsp3) is 0.583. The molecule has 19 heavy (non-hydrogen) atoms. The first kappa shape index (κ1) is 13.8. The van der Waals surface area contributed by atoms with Crippen LogP contribution >= 0.6 is 11.3 Å². The highest BCUT2D eigenvalue weighted by molar-refractivity contribution is 7.09. The molecule has 0 radical (unpaired) electrons. The number of carboxylic acids is 1. The van der Waals surface area contributed by atoms with Gasteiger partial charge in [-0.05, 0) is 12.8 Å². The third kappa shape index (κ3) is 4.20. The number of nitrogens with one attached hydrogen (secondary N) is 2. The van der Waals surface area contributed by atoms with Crippen LogP contribution in [0.25, 0.3) is 0 Å². The molecule has 1 fully saturated rings. The van der Waals surface area contributed by atoms with Crippen LogP contribution in [0.4, 0.5) is 4.79 Å². The third-order valence-corrected chi connectivity index (χ3v) is 3.96. The van der Waals surface area contributed by atoms with E-state index in [9.17, 15) is 9.59 Å². The zero-order chi connectivity index (χ0) is 13.7. The third-order valence-electron chi connectivity index (χ3n) is 3.11. The molecule has 7 heteroatoms. The minimum atomic E-state index is -1.05. The highest BCUT2D eigenvalue weighted by Gasteiger charge is 2.15. The van der Waals surface area contributed by atoms with Crippen molar-refractivity contribution in [3.8, 4) is 0 Å². The molecule has 2 amide bonds. The van der Waals surface area contributed by atoms with Gasteiger partial charge in [0.15, 0.2) is 5.69 Å². The van der Waals surface area contributed by atoms with E-state index in [1.165, 1.54) is 36.0 Å². The van der Waals surface area contributed by atoms with E-state index in [2.05, 4.69) is 15.6 Å². The van der Waals surface area contributed by atoms with Crippen molar-refractivity contribution in [1.82, 2.24) is 15.6 Å². The molecule has 0 bridgehead atoms. The van der Waals surface area contributed by atoms with E-state index in [1.54, 1.807) is 0 Å². The number of aromatic carboxylic acids is 1. The lowest BCUT2D eigenvalue weighted by atomic mass is 9.96. The molecule has 104 valence electrons. The van der Waals surface area contributed by atoms with Crippen LogP contribution in [-0.4, -0.2) is 28.1 Å². The van der Waals surface area contributed by atoms with Gasteiger partial charge in [-0.3, -0.25) is 0 Å². The van der Waals surface area contributed by atoms with E-state index in [0.29, 0.717) is 5.01 Å². The Kier molecular flexibility index (Phi) is 4.73. The molecule has 1 aliphatic carbocycles. The number of thiazole rings is 1. The number of rotatable bonds is 4. The Morgan fingerprint density at radius 1 is 1.37 bits per heavy atom. The summed E-state index contributed by atoms with van der Waals surface area (Å²) < 4.78 is 0. The number of carbonyl (C=O) groups excluding carboxylic acids is 1. The second kappa shape index (κ2) is 6.51. The summed E-state index contributed by atoms with van der Waals surface area (Å²) in [5.41, 5.74) is 0.0227. The summed E-state index contributed by atoms with van der Waals surface area (Å²) in [7, 11) is 0. The van der Waals surface area contributed by atoms with Crippen LogP contribution in [0.2, 0.25) is 0 Å². The average Bonchev–Trinajstić information content (AvgIpc) is 2.86. The summed E-state index contributed by atoms with van der Waals surface area (Å²) in [6, 6.07) is 0.0543. The summed E-state index contributed by atoms with van der Waals surface area (Å²) in [6.45, 7) is 0.260. The zero-order valence-electron chi connectivity index (χ0n) is 10.5. The second-order valence-electron chi connectivity index (χ2n) is 4.59. The van der Waals surface area contributed by atoms with Gasteiger partial charge in [-0.25, -0.2) is 14.6 Å². The zero-order valence-corrected chi connectivity index (χ0v) is 11.3. The monoisotopic (exact) mass is 283 g/mol. The maximum atomic E-state index is 11.7. The molecule has 6 nitrogen and oxygen atoms in total. The molecule has 0 unspecified atom stereocenters. The molecular formula is C12H17N3O3S. The molecule has 1 heterocycles. The largest absolute Gasteiger partial charge is 0.476 e. The number of nitrogens with zero attached hydrogens (tertiary/aromatic N) is 1. The van der Waals surface area contributed by atoms with E-state index in [1.807, 2.05) is 0 Å². The summed E-state index contributed by atoms with van der Waals surface area (Å²) in [6.07, 6.45) is 5.65. The summed E-state index contributed by atoms with van der Waals surface area (Å²) >= 11 is 1.23. The minimum absolute atomic E-state index is 0.0227. The van der Waals surface area contributed by atoms with Gasteiger partial charge in [0, 0.05) is 11.4 Å². The maximum Gasteiger partial charge on any atom is 0.355 e. The first-order valence-corrected chi connectivity index (χ1v) is 7.25. The maximum absolute atomic E-state index is 11.7. The quantitative estimate of drug-likeness (QED) is 0.788. The first-order valence-electron chi connectivity index (χ1n) is 6.37. The molecule has 1 saturated carbocycles. The minimum Gasteiger partial charge on any atom is -0.476 e. The topological polar surface area (TPSA) is 91.3 Å². The van der Waals surface area contributed by atoms with Gasteiger partial charge in [-0.2, -0.15) is 0 Å². The molecule has 0 aromatic carbocycles. The van der Waals surface area contributed by atoms with Crippen LogP contribution in [0.5, 0.6) is 0 Å². The van der Waals surface area contributed by atoms with Crippen molar-refractivity contribution in [3.63, 3.8) is 0 Å². The molecule has 1 aliphatic rings. The number of hydrogen-bond acceptors (Lipinski definition) is 4. The van der Waals surface area contributed by atoms with Crippen molar-refractivity contribution < 1.29 is 14.7 Å². The van der Waals surface area contributed by atoms with Crippen LogP contribution < -0.4 is 10.6 Å². The second-order valence-corrected chi connectivity index (χ2v) is 5.54. The van der Waals surface area contributed by atoms with E-state index in [0.717, 1.165) is 12.8 Å². The van der Waals surface area contributed by atoms with Crippen LogP contribution in [-0.2, 0) is 6.54 Å². The molecule has 0 aliphatic heterocycles. The van der Waals surface area contributed by atoms with Crippen LogP contribution in [0.15, 0.2) is 5.38 Å². The molecule has 1 aromatic rings. The number of hydrogen-bond donors (Lipinski definition) is 3. The van der Waals surface area contributed by atoms with Gasteiger partial charge in [0.2, 0.25) is 0 Å². The van der Waals surface area contributed by atoms with Crippen molar-refractivity contribution in [2.75, 3.05) is 0 Å². The lowest BCUT2D eigenvalue weighted by molar-refractivity contribution is 0.0691. The summed E-state index contributed by atoms with van der Waals surface area (Å²) in [4.78, 5) is 26.2. The fourth-order valence-electron chi connectivity index (χ4n) is 2.13. The van der Waals surface area contributed by atoms with Crippen molar-refractivity contribution in [2.45, 2.75) is 44.7 Å². The lowest BCUT2D eigenvalue weighted by Gasteiger charge is -2.22. The van der Waals surface area contributed by atoms with Crippen LogP contribution in [0, 0.1) is 0 Å². The first-order chi connectivity index (χ1) is 9.15. The molecular weight excluding hydrogens is 266 g/mol. The van der Waals surface area contributed by atoms with Crippen molar-refractivity contribution in [3.05, 3.63) is 16.1 Å². The van der Waals surface area contributed by atoms with Crippen LogP contribution in [0.1, 0.15) is 47.6 Å². The van der Waals surface area contributed by atoms with Gasteiger partial charge in [-0.15, -0.1) is 11.3 Å².